The summed E-state index contributed by atoms with van der Waals surface area (Å²) in [5.74, 6) is 0.994. The summed E-state index contributed by atoms with van der Waals surface area (Å²) < 4.78 is 24.7. The third kappa shape index (κ3) is 7.21. The highest BCUT2D eigenvalue weighted by molar-refractivity contribution is 6.32. The van der Waals surface area contributed by atoms with E-state index in [4.69, 9.17) is 21.1 Å². The first-order chi connectivity index (χ1) is 14.2. The average molecular weight is 450 g/mol. The van der Waals surface area contributed by atoms with Crippen molar-refractivity contribution < 1.29 is 13.9 Å². The first-order valence-electron chi connectivity index (χ1n) is 9.73. The van der Waals surface area contributed by atoms with E-state index in [1.807, 2.05) is 49.4 Å². The molecule has 0 aliphatic carbocycles. The van der Waals surface area contributed by atoms with E-state index >= 15 is 0 Å². The molecule has 0 heterocycles. The molecule has 0 aliphatic rings. The van der Waals surface area contributed by atoms with Gasteiger partial charge in [-0.3, -0.25) is 0 Å². The molecule has 3 rings (SSSR count). The summed E-state index contributed by atoms with van der Waals surface area (Å²) in [4.78, 5) is 0. The van der Waals surface area contributed by atoms with Gasteiger partial charge < -0.3 is 14.8 Å². The molecule has 30 heavy (non-hydrogen) atoms. The van der Waals surface area contributed by atoms with Crippen molar-refractivity contribution in [2.75, 3.05) is 13.2 Å². The fraction of sp³-hybridized carbons (Fsp3) is 0.250. The van der Waals surface area contributed by atoms with E-state index in [1.54, 1.807) is 12.1 Å². The van der Waals surface area contributed by atoms with E-state index in [-0.39, 0.29) is 18.2 Å². The number of halogens is 3. The summed E-state index contributed by atoms with van der Waals surface area (Å²) >= 11 is 6.49. The molecule has 3 aromatic carbocycles. The first-order valence-corrected chi connectivity index (χ1v) is 10.1. The van der Waals surface area contributed by atoms with Crippen LogP contribution in [-0.2, 0) is 19.6 Å². The van der Waals surface area contributed by atoms with Gasteiger partial charge in [0.25, 0.3) is 0 Å². The highest BCUT2D eigenvalue weighted by atomic mass is 35.5. The molecule has 0 fully saturated rings. The number of benzene rings is 3. The molecule has 160 valence electrons. The van der Waals surface area contributed by atoms with Crippen molar-refractivity contribution in [3.05, 3.63) is 94.3 Å². The van der Waals surface area contributed by atoms with Gasteiger partial charge in [-0.1, -0.05) is 54.1 Å². The van der Waals surface area contributed by atoms with Gasteiger partial charge >= 0.3 is 0 Å². The number of nitrogens with one attached hydrogen (secondary N) is 1. The van der Waals surface area contributed by atoms with Gasteiger partial charge in [0.05, 0.1) is 11.6 Å². The zero-order valence-corrected chi connectivity index (χ0v) is 18.4. The lowest BCUT2D eigenvalue weighted by molar-refractivity contribution is 0.269. The fourth-order valence-electron chi connectivity index (χ4n) is 2.97. The molecular formula is C24H26Cl2FNO2. The second kappa shape index (κ2) is 12.4. The molecule has 0 bridgehead atoms. The molecule has 0 aromatic heterocycles. The summed E-state index contributed by atoms with van der Waals surface area (Å²) in [6.45, 7) is 4.32. The summed E-state index contributed by atoms with van der Waals surface area (Å²) in [5.41, 5.74) is 3.18. The Morgan fingerprint density at radius 2 is 1.63 bits per heavy atom. The van der Waals surface area contributed by atoms with E-state index in [2.05, 4.69) is 5.32 Å². The van der Waals surface area contributed by atoms with Crippen LogP contribution >= 0.6 is 24.0 Å². The van der Waals surface area contributed by atoms with Crippen molar-refractivity contribution in [2.24, 2.45) is 0 Å². The van der Waals surface area contributed by atoms with Crippen LogP contribution in [0.25, 0.3) is 0 Å². The van der Waals surface area contributed by atoms with Crippen LogP contribution in [0.3, 0.4) is 0 Å². The van der Waals surface area contributed by atoms with Gasteiger partial charge in [0.2, 0.25) is 0 Å². The lowest BCUT2D eigenvalue weighted by Crippen LogP contribution is -2.17. The molecule has 0 radical (unpaired) electrons. The highest BCUT2D eigenvalue weighted by Gasteiger charge is 2.13. The zero-order chi connectivity index (χ0) is 20.5. The Kier molecular flexibility index (Phi) is 9.95. The second-order valence-corrected chi connectivity index (χ2v) is 7.07. The molecule has 3 aromatic rings. The molecule has 1 N–H and O–H groups in total. The highest BCUT2D eigenvalue weighted by Crippen LogP contribution is 2.37. The largest absolute Gasteiger partial charge is 0.490 e. The van der Waals surface area contributed by atoms with Crippen LogP contribution in [-0.4, -0.2) is 13.2 Å². The Balaban J connectivity index is 0.00000320. The Hall–Kier alpha value is -2.27. The predicted molar refractivity (Wildman–Crippen MR) is 122 cm³/mol. The smallest absolute Gasteiger partial charge is 0.180 e. The monoisotopic (exact) mass is 449 g/mol. The molecule has 3 nitrogen and oxygen atoms in total. The number of hydrogen-bond acceptors (Lipinski definition) is 3. The standard InChI is InChI=1S/C24H25ClFNO2.ClH/c1-2-28-23-15-20(16-27-13-12-18-8-10-21(26)11-9-18)14-22(25)24(23)29-17-19-6-4-3-5-7-19;/h3-11,14-15,27H,2,12-13,16-17H2,1H3;1H. The average Bonchev–Trinajstić information content (AvgIpc) is 2.73. The molecule has 0 spiro atoms. The van der Waals surface area contributed by atoms with E-state index in [0.29, 0.717) is 36.3 Å². The quantitative estimate of drug-likeness (QED) is 0.373. The van der Waals surface area contributed by atoms with E-state index in [1.165, 1.54) is 12.1 Å². The van der Waals surface area contributed by atoms with Crippen LogP contribution in [0.15, 0.2) is 66.7 Å². The van der Waals surface area contributed by atoms with Gasteiger partial charge in [-0.15, -0.1) is 12.4 Å². The Morgan fingerprint density at radius 3 is 2.33 bits per heavy atom. The minimum absolute atomic E-state index is 0. The van der Waals surface area contributed by atoms with Gasteiger partial charge in [0.15, 0.2) is 11.5 Å². The molecule has 0 saturated heterocycles. The lowest BCUT2D eigenvalue weighted by atomic mass is 10.1. The number of ether oxygens (including phenoxy) is 2. The normalized spacial score (nSPS) is 10.4. The summed E-state index contributed by atoms with van der Waals surface area (Å²) in [5, 5.41) is 3.92. The van der Waals surface area contributed by atoms with Crippen molar-refractivity contribution in [2.45, 2.75) is 26.5 Å². The minimum atomic E-state index is -0.214. The van der Waals surface area contributed by atoms with Crippen LogP contribution in [0.4, 0.5) is 4.39 Å². The van der Waals surface area contributed by atoms with E-state index in [0.717, 1.165) is 29.7 Å². The summed E-state index contributed by atoms with van der Waals surface area (Å²) in [7, 11) is 0. The number of rotatable bonds is 10. The van der Waals surface area contributed by atoms with Gasteiger partial charge in [0.1, 0.15) is 12.4 Å². The third-order valence-electron chi connectivity index (χ3n) is 4.43. The predicted octanol–water partition coefficient (Wildman–Crippen LogP) is 6.21. The summed E-state index contributed by atoms with van der Waals surface area (Å²) in [6.07, 6.45) is 0.824. The SMILES string of the molecule is CCOc1cc(CNCCc2ccc(F)cc2)cc(Cl)c1OCc1ccccc1.Cl. The maximum absolute atomic E-state index is 13.0. The maximum atomic E-state index is 13.0. The van der Waals surface area contributed by atoms with Crippen LogP contribution in [0.5, 0.6) is 11.5 Å². The van der Waals surface area contributed by atoms with Crippen molar-refractivity contribution >= 4 is 24.0 Å². The maximum Gasteiger partial charge on any atom is 0.180 e. The second-order valence-electron chi connectivity index (χ2n) is 6.67. The lowest BCUT2D eigenvalue weighted by Gasteiger charge is -2.16. The zero-order valence-electron chi connectivity index (χ0n) is 16.9. The Bertz CT molecular complexity index is 905. The van der Waals surface area contributed by atoms with Crippen molar-refractivity contribution in [3.8, 4) is 11.5 Å². The van der Waals surface area contributed by atoms with Crippen LogP contribution in [0.1, 0.15) is 23.6 Å². The summed E-state index contributed by atoms with van der Waals surface area (Å²) in [6, 6.07) is 20.4. The molecule has 0 atom stereocenters. The van der Waals surface area contributed by atoms with E-state index in [9.17, 15) is 4.39 Å². The number of hydrogen-bond donors (Lipinski definition) is 1. The first kappa shape index (κ1) is 24.0. The van der Waals surface area contributed by atoms with Crippen LogP contribution in [0, 0.1) is 5.82 Å². The molecule has 0 aliphatic heterocycles. The molecule has 0 unspecified atom stereocenters. The third-order valence-corrected chi connectivity index (χ3v) is 4.71. The van der Waals surface area contributed by atoms with Crippen molar-refractivity contribution in [3.63, 3.8) is 0 Å². The van der Waals surface area contributed by atoms with Gasteiger partial charge in [0, 0.05) is 6.54 Å². The van der Waals surface area contributed by atoms with Crippen LogP contribution < -0.4 is 14.8 Å². The van der Waals surface area contributed by atoms with Gasteiger partial charge in [-0.2, -0.15) is 0 Å². The topological polar surface area (TPSA) is 30.5 Å². The van der Waals surface area contributed by atoms with Crippen molar-refractivity contribution in [1.29, 1.82) is 0 Å². The van der Waals surface area contributed by atoms with Crippen LogP contribution in [0.2, 0.25) is 5.02 Å². The van der Waals surface area contributed by atoms with Gasteiger partial charge in [-0.25, -0.2) is 4.39 Å². The molecule has 6 heteroatoms. The molecule has 0 saturated carbocycles. The Morgan fingerprint density at radius 1 is 0.900 bits per heavy atom. The van der Waals surface area contributed by atoms with Crippen molar-refractivity contribution in [1.82, 2.24) is 5.32 Å². The van der Waals surface area contributed by atoms with Gasteiger partial charge in [-0.05, 0) is 60.8 Å². The fourth-order valence-corrected chi connectivity index (χ4v) is 3.26. The Labute approximate surface area is 188 Å². The van der Waals surface area contributed by atoms with E-state index < -0.39 is 0 Å². The molecule has 0 amide bonds. The molecular weight excluding hydrogens is 424 g/mol. The minimum Gasteiger partial charge on any atom is -0.490 e.